The molecule has 0 atom stereocenters. The highest BCUT2D eigenvalue weighted by molar-refractivity contribution is 5.90. The lowest BCUT2D eigenvalue weighted by molar-refractivity contribution is 0.234. The molecule has 5 heteroatoms. The van der Waals surface area contributed by atoms with E-state index >= 15 is 0 Å². The molecular weight excluding hydrogens is 302 g/mol. The van der Waals surface area contributed by atoms with Gasteiger partial charge in [0.25, 0.3) is 0 Å². The number of aliphatic hydroxyl groups is 1. The van der Waals surface area contributed by atoms with Gasteiger partial charge in [-0.1, -0.05) is 32.1 Å². The summed E-state index contributed by atoms with van der Waals surface area (Å²) in [5.74, 6) is 1.70. The Bertz CT molecular complexity index is 640. The largest absolute Gasteiger partial charge is 0.493 e. The van der Waals surface area contributed by atoms with Crippen molar-refractivity contribution in [1.29, 1.82) is 0 Å². The molecule has 1 aromatic heterocycles. The van der Waals surface area contributed by atoms with Gasteiger partial charge in [0, 0.05) is 24.5 Å². The van der Waals surface area contributed by atoms with Crippen LogP contribution in [0.15, 0.2) is 24.5 Å². The van der Waals surface area contributed by atoms with E-state index in [1.807, 2.05) is 18.2 Å². The molecular formula is C19H27N3O2. The first kappa shape index (κ1) is 17.0. The first-order chi connectivity index (χ1) is 11.9. The van der Waals surface area contributed by atoms with Gasteiger partial charge in [0.15, 0.2) is 0 Å². The Morgan fingerprint density at radius 3 is 2.67 bits per heavy atom. The van der Waals surface area contributed by atoms with Crippen LogP contribution in [-0.4, -0.2) is 34.3 Å². The summed E-state index contributed by atoms with van der Waals surface area (Å²) in [5.41, 5.74) is 0.924. The summed E-state index contributed by atoms with van der Waals surface area (Å²) in [6.45, 7) is 0.659. The predicted molar refractivity (Wildman–Crippen MR) is 96.5 cm³/mol. The Kier molecular flexibility index (Phi) is 6.24. The van der Waals surface area contributed by atoms with Crippen LogP contribution in [0.4, 0.5) is 5.82 Å². The molecule has 2 N–H and O–H groups in total. The molecule has 3 rings (SSSR count). The van der Waals surface area contributed by atoms with E-state index in [2.05, 4.69) is 15.3 Å². The summed E-state index contributed by atoms with van der Waals surface area (Å²) < 4.78 is 5.69. The van der Waals surface area contributed by atoms with E-state index in [0.717, 1.165) is 22.5 Å². The molecule has 1 aliphatic carbocycles. The molecule has 1 saturated carbocycles. The van der Waals surface area contributed by atoms with E-state index in [9.17, 15) is 0 Å². The van der Waals surface area contributed by atoms with Crippen LogP contribution in [0.25, 0.3) is 10.9 Å². The fourth-order valence-corrected chi connectivity index (χ4v) is 3.29. The third-order valence-corrected chi connectivity index (χ3v) is 4.62. The zero-order chi connectivity index (χ0) is 16.6. The second-order valence-electron chi connectivity index (χ2n) is 6.51. The lowest BCUT2D eigenvalue weighted by Gasteiger charge is -2.22. The van der Waals surface area contributed by atoms with Crippen LogP contribution < -0.4 is 10.1 Å². The molecule has 5 nitrogen and oxygen atoms in total. The van der Waals surface area contributed by atoms with Crippen molar-refractivity contribution in [3.05, 3.63) is 24.5 Å². The number of ether oxygens (including phenoxy) is 1. The van der Waals surface area contributed by atoms with E-state index in [-0.39, 0.29) is 6.61 Å². The molecule has 2 aromatic rings. The molecule has 0 aliphatic heterocycles. The molecule has 1 aliphatic rings. The second-order valence-corrected chi connectivity index (χ2v) is 6.51. The van der Waals surface area contributed by atoms with Gasteiger partial charge >= 0.3 is 0 Å². The maximum Gasteiger partial charge on any atom is 0.137 e. The van der Waals surface area contributed by atoms with E-state index in [0.29, 0.717) is 19.1 Å². The zero-order valence-electron chi connectivity index (χ0n) is 14.2. The number of benzene rings is 1. The fourth-order valence-electron chi connectivity index (χ4n) is 3.29. The molecule has 130 valence electrons. The first-order valence-corrected chi connectivity index (χ1v) is 9.12. The second kappa shape index (κ2) is 8.83. The molecule has 0 bridgehead atoms. The lowest BCUT2D eigenvalue weighted by atomic mass is 9.96. The number of rotatable bonds is 6. The SMILES string of the molecule is OCCCOc1ccc2ncnc(NC3CCCCCCC3)c2c1. The molecule has 0 unspecified atom stereocenters. The van der Waals surface area contributed by atoms with Gasteiger partial charge in [-0.05, 0) is 31.0 Å². The average molecular weight is 329 g/mol. The Hall–Kier alpha value is -1.88. The standard InChI is InChI=1S/C19H27N3O2/c23-11-6-12-24-16-9-10-18-17(13-16)19(21-14-20-18)22-15-7-4-2-1-3-5-8-15/h9-10,13-15,23H,1-8,11-12H2,(H,20,21,22). The molecule has 0 saturated heterocycles. The highest BCUT2D eigenvalue weighted by Gasteiger charge is 2.14. The Morgan fingerprint density at radius 1 is 1.08 bits per heavy atom. The van der Waals surface area contributed by atoms with Crippen molar-refractivity contribution in [2.24, 2.45) is 0 Å². The van der Waals surface area contributed by atoms with E-state index in [1.165, 1.54) is 44.9 Å². The molecule has 1 aromatic carbocycles. The highest BCUT2D eigenvalue weighted by atomic mass is 16.5. The van der Waals surface area contributed by atoms with Crippen molar-refractivity contribution in [1.82, 2.24) is 9.97 Å². The van der Waals surface area contributed by atoms with Crippen molar-refractivity contribution in [2.45, 2.75) is 57.4 Å². The van der Waals surface area contributed by atoms with Crippen molar-refractivity contribution in [3.63, 3.8) is 0 Å². The van der Waals surface area contributed by atoms with E-state index in [4.69, 9.17) is 9.84 Å². The Balaban J connectivity index is 1.76. The van der Waals surface area contributed by atoms with E-state index in [1.54, 1.807) is 6.33 Å². The minimum atomic E-state index is 0.144. The van der Waals surface area contributed by atoms with Crippen LogP contribution in [0.1, 0.15) is 51.4 Å². The van der Waals surface area contributed by atoms with Gasteiger partial charge in [0.1, 0.15) is 17.9 Å². The van der Waals surface area contributed by atoms with Crippen molar-refractivity contribution < 1.29 is 9.84 Å². The minimum absolute atomic E-state index is 0.144. The van der Waals surface area contributed by atoms with Crippen molar-refractivity contribution >= 4 is 16.7 Å². The number of hydrogen-bond acceptors (Lipinski definition) is 5. The van der Waals surface area contributed by atoms with Gasteiger partial charge in [-0.25, -0.2) is 9.97 Å². The monoisotopic (exact) mass is 329 g/mol. The number of nitrogens with zero attached hydrogens (tertiary/aromatic N) is 2. The normalized spacial score (nSPS) is 16.5. The number of aromatic nitrogens is 2. The lowest BCUT2D eigenvalue weighted by Crippen LogP contribution is -2.21. The molecule has 0 spiro atoms. The number of aliphatic hydroxyl groups excluding tert-OH is 1. The predicted octanol–water partition coefficient (Wildman–Crippen LogP) is 3.92. The number of hydrogen-bond donors (Lipinski definition) is 2. The maximum absolute atomic E-state index is 8.88. The van der Waals surface area contributed by atoms with Crippen LogP contribution in [-0.2, 0) is 0 Å². The Morgan fingerprint density at radius 2 is 1.88 bits per heavy atom. The van der Waals surface area contributed by atoms with Crippen LogP contribution in [0.5, 0.6) is 5.75 Å². The third kappa shape index (κ3) is 4.57. The van der Waals surface area contributed by atoms with Gasteiger partial charge in [0.05, 0.1) is 12.1 Å². The highest BCUT2D eigenvalue weighted by Crippen LogP contribution is 2.27. The van der Waals surface area contributed by atoms with Crippen molar-refractivity contribution in [2.75, 3.05) is 18.5 Å². The number of nitrogens with one attached hydrogen (secondary N) is 1. The Labute approximate surface area is 143 Å². The van der Waals surface area contributed by atoms with Gasteiger partial charge in [0.2, 0.25) is 0 Å². The van der Waals surface area contributed by atoms with Crippen LogP contribution in [0, 0.1) is 0 Å². The van der Waals surface area contributed by atoms with Crippen LogP contribution in [0.2, 0.25) is 0 Å². The topological polar surface area (TPSA) is 67.3 Å². The smallest absolute Gasteiger partial charge is 0.137 e. The van der Waals surface area contributed by atoms with Gasteiger partial charge in [-0.15, -0.1) is 0 Å². The maximum atomic E-state index is 8.88. The minimum Gasteiger partial charge on any atom is -0.493 e. The molecule has 0 radical (unpaired) electrons. The average Bonchev–Trinajstić information content (AvgIpc) is 2.58. The zero-order valence-corrected chi connectivity index (χ0v) is 14.2. The third-order valence-electron chi connectivity index (χ3n) is 4.62. The fraction of sp³-hybridized carbons (Fsp3) is 0.579. The summed E-state index contributed by atoms with van der Waals surface area (Å²) in [6.07, 6.45) is 11.3. The quantitative estimate of drug-likeness (QED) is 0.786. The summed E-state index contributed by atoms with van der Waals surface area (Å²) >= 11 is 0. The summed E-state index contributed by atoms with van der Waals surface area (Å²) in [6, 6.07) is 6.38. The first-order valence-electron chi connectivity index (χ1n) is 9.12. The molecule has 1 heterocycles. The van der Waals surface area contributed by atoms with Gasteiger partial charge in [-0.2, -0.15) is 0 Å². The van der Waals surface area contributed by atoms with Crippen molar-refractivity contribution in [3.8, 4) is 5.75 Å². The molecule has 0 amide bonds. The van der Waals surface area contributed by atoms with E-state index < -0.39 is 0 Å². The van der Waals surface area contributed by atoms with Crippen LogP contribution >= 0.6 is 0 Å². The number of anilines is 1. The number of fused-ring (bicyclic) bond motifs is 1. The molecule has 24 heavy (non-hydrogen) atoms. The summed E-state index contributed by atoms with van der Waals surface area (Å²) in [7, 11) is 0. The summed E-state index contributed by atoms with van der Waals surface area (Å²) in [4.78, 5) is 8.83. The summed E-state index contributed by atoms with van der Waals surface area (Å²) in [5, 5.41) is 13.5. The van der Waals surface area contributed by atoms with Gasteiger partial charge in [-0.3, -0.25) is 0 Å². The van der Waals surface area contributed by atoms with Gasteiger partial charge < -0.3 is 15.2 Å². The molecule has 1 fully saturated rings. The van der Waals surface area contributed by atoms with Crippen LogP contribution in [0.3, 0.4) is 0 Å².